The van der Waals surface area contributed by atoms with Crippen LogP contribution in [0.4, 0.5) is 9.59 Å². The Kier molecular flexibility index (Phi) is 37.2. The molecule has 5 saturated heterocycles. The number of nitrogens with one attached hydrogen (secondary N) is 8. The second-order valence-corrected chi connectivity index (χ2v) is 56.4. The van der Waals surface area contributed by atoms with Gasteiger partial charge in [0.1, 0.15) is 91.6 Å². The molecule has 18 N–H and O–H groups in total. The van der Waals surface area contributed by atoms with E-state index in [0.29, 0.717) is 71.0 Å². The van der Waals surface area contributed by atoms with Crippen molar-refractivity contribution < 1.29 is 84.3 Å². The van der Waals surface area contributed by atoms with E-state index in [0.717, 1.165) is 56.7 Å². The fourth-order valence-corrected chi connectivity index (χ4v) is 18.5. The Morgan fingerprint density at radius 2 is 0.701 bits per heavy atom. The number of carbonyl (C=O) groups is 2. The van der Waals surface area contributed by atoms with Gasteiger partial charge in [0.05, 0.1) is 55.0 Å². The van der Waals surface area contributed by atoms with Crippen molar-refractivity contribution in [2.75, 3.05) is 125 Å². The van der Waals surface area contributed by atoms with Gasteiger partial charge in [-0.2, -0.15) is 0 Å². The van der Waals surface area contributed by atoms with Crippen molar-refractivity contribution in [2.24, 2.45) is 0 Å². The van der Waals surface area contributed by atoms with Crippen LogP contribution in [-0.2, 0) is 37.0 Å². The molecule has 10 heterocycles. The van der Waals surface area contributed by atoms with Gasteiger partial charge in [-0.3, -0.25) is 39.3 Å². The van der Waals surface area contributed by atoms with Crippen molar-refractivity contribution in [2.45, 2.75) is 194 Å². The molecule has 0 aromatic carbocycles. The normalized spacial score (nSPS) is 30.1. The highest BCUT2D eigenvalue weighted by molar-refractivity contribution is 7.80. The van der Waals surface area contributed by atoms with Gasteiger partial charge in [-0.1, -0.05) is 33.6 Å². The summed E-state index contributed by atoms with van der Waals surface area (Å²) < 4.78 is 31.8. The van der Waals surface area contributed by atoms with Gasteiger partial charge in [0.25, 0.3) is 11.1 Å². The lowest BCUT2D eigenvalue weighted by atomic mass is 9.99. The second kappa shape index (κ2) is 43.3. The Morgan fingerprint density at radius 3 is 1.01 bits per heavy atom. The minimum atomic E-state index is -1.29. The summed E-state index contributed by atoms with van der Waals surface area (Å²) in [6.07, 6.45) is 20.8. The molecule has 5 unspecified atom stereocenters. The van der Waals surface area contributed by atoms with Gasteiger partial charge in [-0.25, -0.2) is 19.2 Å². The quantitative estimate of drug-likeness (QED) is 0.0323. The molecular weight excluding hydrogens is 1630 g/mol. The first-order chi connectivity index (χ1) is 54.2. The molecule has 0 bridgehead atoms. The van der Waals surface area contributed by atoms with Gasteiger partial charge >= 0.3 is 23.4 Å². The number of amides is 4. The maximum atomic E-state index is 12.2. The average molecular weight is 1760 g/mol. The van der Waals surface area contributed by atoms with E-state index in [4.69, 9.17) is 35.9 Å². The van der Waals surface area contributed by atoms with E-state index in [1.165, 1.54) is 32.6 Å². The number of thiocarbonyl (C=S) groups is 1. The predicted octanol–water partition coefficient (Wildman–Crippen LogP) is 1.21. The largest absolute Gasteiger partial charge is 0.388 e. The summed E-state index contributed by atoms with van der Waals surface area (Å²) in [7, 11) is 3.42. The molecule has 20 atom stereocenters. The Hall–Kier alpha value is -5.15. The first-order valence-corrected chi connectivity index (χ1v) is 54.7. The summed E-state index contributed by atoms with van der Waals surface area (Å²) in [5.41, 5.74) is 1.22. The van der Waals surface area contributed by atoms with Gasteiger partial charge in [0.2, 0.25) is 0 Å². The SMILES string of the molecule is C=C1NC(=O)N(C)C=C1[C@@H]1O[C@H](CCP(=C)(C)C)[C@@H](O)C1O.C=C1NC(=O)NC=C1[C@@H]1O[C@H](CCP(=C)(C)C)[C@@H](O)C1O.C=C1NC(=S)N(C)C=C1[C@@H]1O[C@H](CCP(=C)(C)C)[C@@H](O)C1O.C=P(C)(C)CC[C@H]1O[C@@H](c2cn(CNCCC)c(=O)[nH]c2=O)C(O)[C@@H]1O.C=P(C)(C)CC[C@H]1O[C@@H](c2cn(CNCCC)c(=O)[nH]c2=O)C(O)[C@@H]1O. The number of urea groups is 2. The van der Waals surface area contributed by atoms with Gasteiger partial charge in [-0.15, -0.1) is 65.9 Å². The molecule has 117 heavy (non-hydrogen) atoms. The third-order valence-corrected chi connectivity index (χ3v) is 28.2. The summed E-state index contributed by atoms with van der Waals surface area (Å²) in [6, 6.07) is -0.668. The maximum absolute atomic E-state index is 12.2. The molecule has 33 nitrogen and oxygen atoms in total. The van der Waals surface area contributed by atoms with Crippen molar-refractivity contribution in [3.8, 4) is 0 Å². The summed E-state index contributed by atoms with van der Waals surface area (Å²) in [5.74, 6) is 0. The average Bonchev–Trinajstić information content (AvgIpc) is 1.51. The molecule has 0 spiro atoms. The number of aliphatic hydroxyl groups is 10. The number of carbonyl (C=O) groups excluding carboxylic acids is 2. The van der Waals surface area contributed by atoms with Crippen molar-refractivity contribution in [1.29, 1.82) is 0 Å². The Balaban J connectivity index is 0.000000228. The van der Waals surface area contributed by atoms with E-state index in [2.05, 4.69) is 160 Å². The molecule has 0 radical (unpaired) electrons. The molecule has 662 valence electrons. The topological polar surface area (TPSA) is 471 Å². The van der Waals surface area contributed by atoms with E-state index in [1.807, 2.05) is 20.9 Å². The zero-order chi connectivity index (χ0) is 88.1. The van der Waals surface area contributed by atoms with Crippen LogP contribution in [0, 0.1) is 0 Å². The molecular formula is C78H133N12O21P5S. The lowest BCUT2D eigenvalue weighted by molar-refractivity contribution is 0.00491. The summed E-state index contributed by atoms with van der Waals surface area (Å²) >= 11 is 5.14. The van der Waals surface area contributed by atoms with Crippen LogP contribution in [-0.4, -0.2) is 363 Å². The maximum Gasteiger partial charge on any atom is 0.329 e. The van der Waals surface area contributed by atoms with Crippen molar-refractivity contribution >= 4 is 95.3 Å². The van der Waals surface area contributed by atoms with Crippen LogP contribution in [0.15, 0.2) is 104 Å². The molecule has 10 rings (SSSR count). The molecule has 0 aliphatic carbocycles. The lowest BCUT2D eigenvalue weighted by Gasteiger charge is -2.30. The third kappa shape index (κ3) is 29.3. The Morgan fingerprint density at radius 1 is 0.419 bits per heavy atom. The standard InChI is InChI=1S/2C17H30N3O5P.C15H25N2O4P.C15H25N2O3PS.C14H23N2O4P/c2*1-5-7-18-10-20-9-11(16(23)19-17(20)24)15-14(22)13(21)12(25-15)6-8-26(2,3)4;1-9-10(8-17(2)15(20)16-9)14-13(19)12(18)11(21-14)6-7-22(3,4)5;1-9-10(8-17(2)15(22)16-9)14-13(19)12(18)11(20-14)6-7-21(3,4)5;1-8-9(7-15-14(19)16-8)13-12(18)11(17)10(20-13)5-6-21(2,3)4/h2*9,12-15,18,21-22H,2,5-8,10H2,1,3-4H3,(H,19,23,24);8,11-14,18-19H,1,3,6-7H2,2,4-5H3,(H,16,20);8,11-14,18-19H,1,3,6-7H2,2,4-5H3,(H,16,22);7,10-13,17-18H,1-2,5-6H2,3-4H3,(H2,15,16,19)/t2*12-,13-,14?,15+;2*11-,12-,13?,14+;10-,11-,12?,13+/m11111/s1. The first kappa shape index (κ1) is 101. The van der Waals surface area contributed by atoms with Crippen LogP contribution in [0.5, 0.6) is 0 Å². The number of rotatable bonds is 28. The van der Waals surface area contributed by atoms with Crippen molar-refractivity contribution in [3.63, 3.8) is 0 Å². The third-order valence-electron chi connectivity index (χ3n) is 20.4. The van der Waals surface area contributed by atoms with Gasteiger partial charge in [-0.05, 0) is 168 Å². The number of H-pyrrole nitrogens is 2. The molecule has 4 amide bonds. The van der Waals surface area contributed by atoms with Crippen molar-refractivity contribution in [3.05, 3.63) is 137 Å². The highest BCUT2D eigenvalue weighted by Gasteiger charge is 2.50. The van der Waals surface area contributed by atoms with E-state index in [9.17, 15) is 79.8 Å². The molecule has 39 heteroatoms. The molecule has 0 saturated carbocycles. The highest BCUT2D eigenvalue weighted by Crippen LogP contribution is 2.45. The van der Waals surface area contributed by atoms with Crippen LogP contribution in [0.2, 0.25) is 0 Å². The Bertz CT molecular complexity index is 4210. The summed E-state index contributed by atoms with van der Waals surface area (Å²) in [6.45, 7) is 32.4. The number of ether oxygens (including phenoxy) is 5. The van der Waals surface area contributed by atoms with E-state index < -0.39 is 173 Å². The van der Waals surface area contributed by atoms with Crippen LogP contribution in [0.25, 0.3) is 0 Å². The Labute approximate surface area is 693 Å². The molecule has 2 aromatic heterocycles. The number of aromatic nitrogens is 4. The minimum Gasteiger partial charge on any atom is -0.388 e. The number of aromatic amines is 2. The van der Waals surface area contributed by atoms with E-state index in [-0.39, 0.29) is 42.6 Å². The number of aliphatic hydroxyl groups excluding tert-OH is 10. The fourth-order valence-electron chi connectivity index (χ4n) is 13.5. The fraction of sp³-hybridized carbons (Fsp3) is 0.641. The van der Waals surface area contributed by atoms with Gasteiger partial charge in [0.15, 0.2) is 5.11 Å². The number of hydrogen-bond donors (Lipinski definition) is 18. The van der Waals surface area contributed by atoms with Crippen LogP contribution >= 0.6 is 46.6 Å². The molecule has 8 aliphatic rings. The lowest BCUT2D eigenvalue weighted by Crippen LogP contribution is -2.42. The van der Waals surface area contributed by atoms with E-state index >= 15 is 0 Å². The highest BCUT2D eigenvalue weighted by atomic mass is 32.1. The second-order valence-electron chi connectivity index (χ2n) is 34.4. The monoisotopic (exact) mass is 1760 g/mol. The van der Waals surface area contributed by atoms with Gasteiger partial charge in [0, 0.05) is 78.9 Å². The zero-order valence-corrected chi connectivity index (χ0v) is 75.6. The zero-order valence-electron chi connectivity index (χ0n) is 70.3. The predicted molar refractivity (Wildman–Crippen MR) is 481 cm³/mol. The van der Waals surface area contributed by atoms with Gasteiger partial charge < -0.3 is 106 Å². The minimum absolute atomic E-state index is 0.139. The summed E-state index contributed by atoms with van der Waals surface area (Å²) in [5, 5.41) is 120. The summed E-state index contributed by atoms with van der Waals surface area (Å²) in [4.78, 5) is 78.6. The number of nitrogens with zero attached hydrogens (tertiary/aromatic N) is 4. The van der Waals surface area contributed by atoms with Crippen LogP contribution < -0.4 is 54.4 Å². The molecule has 8 aliphatic heterocycles. The first-order valence-electron chi connectivity index (χ1n) is 39.1. The smallest absolute Gasteiger partial charge is 0.329 e. The number of hydrogen-bond acceptors (Lipinski definition) is 24. The molecule has 2 aromatic rings. The van der Waals surface area contributed by atoms with E-state index in [1.54, 1.807) is 24.3 Å². The van der Waals surface area contributed by atoms with Crippen molar-refractivity contribution in [1.82, 2.24) is 60.8 Å². The van der Waals surface area contributed by atoms with Crippen LogP contribution in [0.1, 0.15) is 82.1 Å². The van der Waals surface area contributed by atoms with Crippen LogP contribution in [0.3, 0.4) is 0 Å². The molecule has 5 fully saturated rings.